The molecule has 0 spiro atoms. The van der Waals surface area contributed by atoms with Gasteiger partial charge in [-0.2, -0.15) is 5.26 Å². The van der Waals surface area contributed by atoms with E-state index >= 15 is 0 Å². The van der Waals surface area contributed by atoms with Crippen LogP contribution < -0.4 is 20.1 Å². The maximum atomic E-state index is 9.86. The molecule has 196 valence electrons. The number of methoxy groups -OCH3 is 1. The third-order valence-corrected chi connectivity index (χ3v) is 6.59. The molecule has 7 heteroatoms. The Bertz CT molecular complexity index is 1570. The molecule has 3 N–H and O–H groups in total. The van der Waals surface area contributed by atoms with E-state index in [1.54, 1.807) is 19.5 Å². The highest BCUT2D eigenvalue weighted by molar-refractivity contribution is 5.96. The molecule has 0 fully saturated rings. The summed E-state index contributed by atoms with van der Waals surface area (Å²) in [6, 6.07) is 26.6. The lowest BCUT2D eigenvalue weighted by atomic mass is 10.0. The van der Waals surface area contributed by atoms with Crippen molar-refractivity contribution in [2.24, 2.45) is 0 Å². The zero-order valence-electron chi connectivity index (χ0n) is 21.9. The van der Waals surface area contributed by atoms with Crippen molar-refractivity contribution in [3.05, 3.63) is 103 Å². The van der Waals surface area contributed by atoms with Gasteiger partial charge >= 0.3 is 0 Å². The number of nitriles is 1. The van der Waals surface area contributed by atoms with E-state index in [9.17, 15) is 5.26 Å². The number of pyridine rings is 1. The number of benzene rings is 3. The van der Waals surface area contributed by atoms with Crippen LogP contribution in [0.4, 0.5) is 11.4 Å². The van der Waals surface area contributed by atoms with Crippen molar-refractivity contribution in [3.63, 3.8) is 0 Å². The first-order valence-electron chi connectivity index (χ1n) is 13.0. The largest absolute Gasteiger partial charge is 0.493 e. The van der Waals surface area contributed by atoms with Crippen LogP contribution in [-0.4, -0.2) is 36.8 Å². The number of H-pyrrole nitrogens is 1. The van der Waals surface area contributed by atoms with Crippen LogP contribution in [0.3, 0.4) is 0 Å². The number of rotatable bonds is 12. The van der Waals surface area contributed by atoms with Gasteiger partial charge in [0.1, 0.15) is 12.7 Å². The summed E-state index contributed by atoms with van der Waals surface area (Å²) in [7, 11) is 1.63. The second kappa shape index (κ2) is 12.6. The maximum Gasteiger partial charge on any atom is 0.161 e. The Balaban J connectivity index is 1.29. The van der Waals surface area contributed by atoms with E-state index < -0.39 is 0 Å². The molecule has 2 heterocycles. The monoisotopic (exact) mass is 517 g/mol. The first kappa shape index (κ1) is 25.8. The molecule has 39 heavy (non-hydrogen) atoms. The van der Waals surface area contributed by atoms with Crippen molar-refractivity contribution in [2.45, 2.75) is 12.8 Å². The first-order valence-corrected chi connectivity index (χ1v) is 13.0. The van der Waals surface area contributed by atoms with Crippen LogP contribution in [-0.2, 0) is 6.42 Å². The van der Waals surface area contributed by atoms with Crippen LogP contribution in [0.1, 0.15) is 17.5 Å². The molecule has 0 radical (unpaired) electrons. The van der Waals surface area contributed by atoms with Crippen LogP contribution in [0.15, 0.2) is 91.4 Å². The van der Waals surface area contributed by atoms with Gasteiger partial charge in [-0.3, -0.25) is 4.98 Å². The molecule has 0 unspecified atom stereocenters. The number of ether oxygens (including phenoxy) is 2. The van der Waals surface area contributed by atoms with E-state index in [1.807, 2.05) is 54.7 Å². The summed E-state index contributed by atoms with van der Waals surface area (Å²) in [5, 5.41) is 17.8. The van der Waals surface area contributed by atoms with E-state index in [-0.39, 0.29) is 0 Å². The van der Waals surface area contributed by atoms with Crippen molar-refractivity contribution in [1.82, 2.24) is 15.3 Å². The summed E-state index contributed by atoms with van der Waals surface area (Å²) in [4.78, 5) is 7.56. The van der Waals surface area contributed by atoms with Gasteiger partial charge in [-0.25, -0.2) is 0 Å². The number of aromatic nitrogens is 2. The number of aromatic amines is 1. The van der Waals surface area contributed by atoms with E-state index in [0.717, 1.165) is 53.6 Å². The topological polar surface area (TPSA) is 95.0 Å². The van der Waals surface area contributed by atoms with Gasteiger partial charge in [-0.05, 0) is 60.8 Å². The number of nitrogens with zero attached hydrogens (tertiary/aromatic N) is 2. The Labute approximate surface area is 228 Å². The van der Waals surface area contributed by atoms with Gasteiger partial charge in [0.2, 0.25) is 0 Å². The third kappa shape index (κ3) is 6.20. The molecule has 7 nitrogen and oxygen atoms in total. The van der Waals surface area contributed by atoms with Crippen molar-refractivity contribution >= 4 is 22.3 Å². The van der Waals surface area contributed by atoms with Crippen molar-refractivity contribution < 1.29 is 9.47 Å². The van der Waals surface area contributed by atoms with Gasteiger partial charge in [0.05, 0.1) is 18.4 Å². The van der Waals surface area contributed by atoms with Gasteiger partial charge in [0.15, 0.2) is 11.5 Å². The Morgan fingerprint density at radius 2 is 1.85 bits per heavy atom. The van der Waals surface area contributed by atoms with Crippen molar-refractivity contribution in [3.8, 4) is 28.7 Å². The van der Waals surface area contributed by atoms with Crippen molar-refractivity contribution in [2.75, 3.05) is 32.1 Å². The predicted molar refractivity (Wildman–Crippen MR) is 156 cm³/mol. The SMILES string of the molecule is COc1ccc(-c2cncc(C#N)c2Nc2cccc3[nH]ccc23)cc1OCCNCCCc1ccccc1. The minimum Gasteiger partial charge on any atom is -0.493 e. The summed E-state index contributed by atoms with van der Waals surface area (Å²) in [6.07, 6.45) is 7.36. The molecule has 0 aliphatic heterocycles. The molecule has 2 aromatic heterocycles. The van der Waals surface area contributed by atoms with Gasteiger partial charge in [0, 0.05) is 47.3 Å². The number of nitrogens with one attached hydrogen (secondary N) is 3. The van der Waals surface area contributed by atoms with Crippen LogP contribution in [0.2, 0.25) is 0 Å². The Morgan fingerprint density at radius 1 is 0.949 bits per heavy atom. The Hall–Kier alpha value is -4.80. The minimum absolute atomic E-state index is 0.457. The molecule has 3 aromatic carbocycles. The van der Waals surface area contributed by atoms with Crippen LogP contribution >= 0.6 is 0 Å². The summed E-state index contributed by atoms with van der Waals surface area (Å²) in [6.45, 7) is 2.15. The molecule has 0 bridgehead atoms. The Kier molecular flexibility index (Phi) is 8.37. The molecule has 0 saturated heterocycles. The number of hydrogen-bond acceptors (Lipinski definition) is 6. The molecular formula is C32H31N5O2. The number of anilines is 2. The fourth-order valence-corrected chi connectivity index (χ4v) is 4.61. The lowest BCUT2D eigenvalue weighted by molar-refractivity contribution is 0.292. The fourth-order valence-electron chi connectivity index (χ4n) is 4.61. The number of fused-ring (bicyclic) bond motifs is 1. The van der Waals surface area contributed by atoms with Gasteiger partial charge in [0.25, 0.3) is 0 Å². The molecule has 5 aromatic rings. The molecule has 0 atom stereocenters. The maximum absolute atomic E-state index is 9.86. The zero-order valence-corrected chi connectivity index (χ0v) is 21.9. The van der Waals surface area contributed by atoms with Crippen molar-refractivity contribution in [1.29, 1.82) is 5.26 Å². The standard InChI is InChI=1S/C32H31N5O2/c1-38-30-13-12-24(19-31(30)39-18-17-34-15-6-9-23-7-3-2-4-8-23)27-22-35-21-25(20-33)32(27)37-29-11-5-10-28-26(29)14-16-36-28/h2-5,7-8,10-14,16,19,21-22,34,36H,6,9,15,17-18H2,1H3,(H,35,37). The van der Waals surface area contributed by atoms with Gasteiger partial charge < -0.3 is 25.1 Å². The minimum atomic E-state index is 0.457. The molecular weight excluding hydrogens is 486 g/mol. The highest BCUT2D eigenvalue weighted by Crippen LogP contribution is 2.38. The summed E-state index contributed by atoms with van der Waals surface area (Å²) >= 11 is 0. The zero-order chi connectivity index (χ0) is 26.9. The van der Waals surface area contributed by atoms with E-state index in [0.29, 0.717) is 29.4 Å². The van der Waals surface area contributed by atoms with Gasteiger partial charge in [-0.1, -0.05) is 42.5 Å². The van der Waals surface area contributed by atoms with Gasteiger partial charge in [-0.15, -0.1) is 0 Å². The Morgan fingerprint density at radius 3 is 2.69 bits per heavy atom. The smallest absolute Gasteiger partial charge is 0.161 e. The molecule has 0 saturated carbocycles. The van der Waals surface area contributed by atoms with E-state index in [1.165, 1.54) is 5.56 Å². The third-order valence-electron chi connectivity index (χ3n) is 6.59. The second-order valence-electron chi connectivity index (χ2n) is 9.14. The predicted octanol–water partition coefficient (Wildman–Crippen LogP) is 6.45. The van der Waals surface area contributed by atoms with E-state index in [2.05, 4.69) is 50.9 Å². The molecule has 0 aliphatic carbocycles. The average molecular weight is 518 g/mol. The highest BCUT2D eigenvalue weighted by Gasteiger charge is 2.15. The molecule has 0 amide bonds. The summed E-state index contributed by atoms with van der Waals surface area (Å²) < 4.78 is 11.7. The summed E-state index contributed by atoms with van der Waals surface area (Å²) in [5.41, 5.74) is 6.09. The van der Waals surface area contributed by atoms with Crippen LogP contribution in [0, 0.1) is 11.3 Å². The molecule has 5 rings (SSSR count). The summed E-state index contributed by atoms with van der Waals surface area (Å²) in [5.74, 6) is 1.29. The van der Waals surface area contributed by atoms with E-state index in [4.69, 9.17) is 9.47 Å². The number of hydrogen-bond donors (Lipinski definition) is 3. The second-order valence-corrected chi connectivity index (χ2v) is 9.14. The highest BCUT2D eigenvalue weighted by atomic mass is 16.5. The lowest BCUT2D eigenvalue weighted by Gasteiger charge is -2.16. The average Bonchev–Trinajstić information content (AvgIpc) is 3.47. The number of aryl methyl sites for hydroxylation is 1. The quantitative estimate of drug-likeness (QED) is 0.165. The van der Waals surface area contributed by atoms with Crippen LogP contribution in [0.5, 0.6) is 11.5 Å². The fraction of sp³-hybridized carbons (Fsp3) is 0.188. The first-order chi connectivity index (χ1) is 19.3. The lowest BCUT2D eigenvalue weighted by Crippen LogP contribution is -2.22. The molecule has 0 aliphatic rings. The van der Waals surface area contributed by atoms with Crippen LogP contribution in [0.25, 0.3) is 22.0 Å². The normalized spacial score (nSPS) is 10.8.